The molecular formula is C13H16N4OS2. The van der Waals surface area contributed by atoms with E-state index in [1.54, 1.807) is 11.3 Å². The lowest BCUT2D eigenvalue weighted by Gasteiger charge is -2.01. The maximum Gasteiger partial charge on any atom is 0.259 e. The largest absolute Gasteiger partial charge is 0.379 e. The summed E-state index contributed by atoms with van der Waals surface area (Å²) in [5, 5.41) is 1.33. The van der Waals surface area contributed by atoms with Crippen molar-refractivity contribution in [3.63, 3.8) is 0 Å². The number of hydrogen-bond acceptors (Lipinski definition) is 5. The van der Waals surface area contributed by atoms with E-state index in [4.69, 9.17) is 5.73 Å². The summed E-state index contributed by atoms with van der Waals surface area (Å²) in [6, 6.07) is 0. The van der Waals surface area contributed by atoms with E-state index in [0.717, 1.165) is 29.5 Å². The predicted octanol–water partition coefficient (Wildman–Crippen LogP) is 2.04. The van der Waals surface area contributed by atoms with Crippen LogP contribution in [0.1, 0.15) is 29.6 Å². The molecular weight excluding hydrogens is 292 g/mol. The van der Waals surface area contributed by atoms with Crippen LogP contribution in [0.5, 0.6) is 0 Å². The molecule has 106 valence electrons. The van der Waals surface area contributed by atoms with Crippen LogP contribution in [0.4, 0.5) is 0 Å². The van der Waals surface area contributed by atoms with Crippen LogP contribution in [0.2, 0.25) is 0 Å². The number of rotatable bonds is 3. The van der Waals surface area contributed by atoms with Crippen LogP contribution >= 0.6 is 23.1 Å². The molecule has 3 rings (SSSR count). The SMILES string of the molecule is CCN=C(N)SCc1nc2sc3c(c2c(=O)[nH]1)CCC3. The average molecular weight is 308 g/mol. The molecule has 1 aliphatic rings. The normalized spacial score (nSPS) is 14.9. The standard InChI is InChI=1S/C13H16N4OS2/c1-2-15-13(14)19-6-9-16-11(18)10-7-4-3-5-8(7)20-12(10)17-9/h2-6H2,1H3,(H2,14,15)(H,16,17,18). The molecule has 0 saturated carbocycles. The van der Waals surface area contributed by atoms with E-state index in [9.17, 15) is 4.79 Å². The number of amidine groups is 1. The van der Waals surface area contributed by atoms with Gasteiger partial charge in [0, 0.05) is 11.4 Å². The third-order valence-corrected chi connectivity index (χ3v) is 5.32. The fourth-order valence-corrected chi connectivity index (χ4v) is 4.38. The molecule has 0 atom stereocenters. The monoisotopic (exact) mass is 308 g/mol. The number of aromatic amines is 1. The van der Waals surface area contributed by atoms with Gasteiger partial charge in [0.1, 0.15) is 10.7 Å². The van der Waals surface area contributed by atoms with E-state index >= 15 is 0 Å². The van der Waals surface area contributed by atoms with E-state index in [0.29, 0.717) is 23.3 Å². The van der Waals surface area contributed by atoms with Crippen molar-refractivity contribution < 1.29 is 0 Å². The van der Waals surface area contributed by atoms with Crippen LogP contribution in [-0.4, -0.2) is 21.7 Å². The van der Waals surface area contributed by atoms with Gasteiger partial charge in [-0.05, 0) is 31.7 Å². The number of H-pyrrole nitrogens is 1. The van der Waals surface area contributed by atoms with Crippen LogP contribution in [0, 0.1) is 0 Å². The molecule has 20 heavy (non-hydrogen) atoms. The third-order valence-electron chi connectivity index (χ3n) is 3.29. The first-order valence-corrected chi connectivity index (χ1v) is 8.45. The molecule has 2 heterocycles. The van der Waals surface area contributed by atoms with E-state index in [1.165, 1.54) is 22.2 Å². The van der Waals surface area contributed by atoms with Gasteiger partial charge in [0.2, 0.25) is 0 Å². The van der Waals surface area contributed by atoms with E-state index in [2.05, 4.69) is 15.0 Å². The minimum atomic E-state index is -0.0176. The van der Waals surface area contributed by atoms with Gasteiger partial charge in [-0.15, -0.1) is 11.3 Å². The van der Waals surface area contributed by atoms with E-state index in [-0.39, 0.29) is 5.56 Å². The number of hydrogen-bond donors (Lipinski definition) is 2. The first-order chi connectivity index (χ1) is 9.69. The third kappa shape index (κ3) is 2.47. The summed E-state index contributed by atoms with van der Waals surface area (Å²) < 4.78 is 0. The number of thioether (sulfide) groups is 1. The molecule has 0 aliphatic heterocycles. The maximum absolute atomic E-state index is 12.2. The molecule has 0 radical (unpaired) electrons. The number of thiophene rings is 1. The molecule has 0 aromatic carbocycles. The summed E-state index contributed by atoms with van der Waals surface area (Å²) in [6.45, 7) is 2.60. The lowest BCUT2D eigenvalue weighted by atomic mass is 10.2. The zero-order valence-corrected chi connectivity index (χ0v) is 12.9. The second-order valence-corrected chi connectivity index (χ2v) is 6.73. The van der Waals surface area contributed by atoms with Crippen molar-refractivity contribution in [2.24, 2.45) is 10.7 Å². The van der Waals surface area contributed by atoms with Crippen molar-refractivity contribution in [1.29, 1.82) is 0 Å². The molecule has 0 fully saturated rings. The van der Waals surface area contributed by atoms with Crippen molar-refractivity contribution in [1.82, 2.24) is 9.97 Å². The number of nitrogens with zero attached hydrogens (tertiary/aromatic N) is 2. The van der Waals surface area contributed by atoms with Crippen LogP contribution < -0.4 is 11.3 Å². The Hall–Kier alpha value is -1.34. The fraction of sp³-hybridized carbons (Fsp3) is 0.462. The molecule has 7 heteroatoms. The number of fused-ring (bicyclic) bond motifs is 3. The van der Waals surface area contributed by atoms with E-state index < -0.39 is 0 Å². The van der Waals surface area contributed by atoms with E-state index in [1.807, 2.05) is 6.92 Å². The number of aryl methyl sites for hydroxylation is 2. The Bertz CT molecular complexity index is 732. The molecule has 0 spiro atoms. The van der Waals surface area contributed by atoms with Gasteiger partial charge in [-0.25, -0.2) is 4.98 Å². The van der Waals surface area contributed by atoms with Gasteiger partial charge in [0.25, 0.3) is 5.56 Å². The Morgan fingerprint density at radius 3 is 3.20 bits per heavy atom. The Labute approximate surface area is 124 Å². The second kappa shape index (κ2) is 5.57. The van der Waals surface area contributed by atoms with Gasteiger partial charge >= 0.3 is 0 Å². The summed E-state index contributed by atoms with van der Waals surface area (Å²) in [4.78, 5) is 26.0. The summed E-state index contributed by atoms with van der Waals surface area (Å²) in [5.74, 6) is 1.21. The van der Waals surface area contributed by atoms with Gasteiger partial charge in [-0.1, -0.05) is 11.8 Å². The Kier molecular flexibility index (Phi) is 3.80. The summed E-state index contributed by atoms with van der Waals surface area (Å²) in [6.07, 6.45) is 3.23. The second-order valence-electron chi connectivity index (χ2n) is 4.65. The Morgan fingerprint density at radius 1 is 1.55 bits per heavy atom. The van der Waals surface area contributed by atoms with Crippen LogP contribution in [0.3, 0.4) is 0 Å². The molecule has 0 amide bonds. The van der Waals surface area contributed by atoms with Gasteiger partial charge in [-0.3, -0.25) is 9.79 Å². The van der Waals surface area contributed by atoms with Crippen LogP contribution in [-0.2, 0) is 18.6 Å². The lowest BCUT2D eigenvalue weighted by Crippen LogP contribution is -2.13. The Balaban J connectivity index is 1.91. The average Bonchev–Trinajstić information content (AvgIpc) is 2.96. The first kappa shape index (κ1) is 13.6. The maximum atomic E-state index is 12.2. The summed E-state index contributed by atoms with van der Waals surface area (Å²) in [5.41, 5.74) is 6.93. The number of nitrogens with two attached hydrogens (primary N) is 1. The molecule has 0 saturated heterocycles. The molecule has 2 aromatic heterocycles. The highest BCUT2D eigenvalue weighted by Gasteiger charge is 2.20. The van der Waals surface area contributed by atoms with Gasteiger partial charge < -0.3 is 10.7 Å². The topological polar surface area (TPSA) is 84.1 Å². The highest BCUT2D eigenvalue weighted by molar-refractivity contribution is 8.13. The van der Waals surface area contributed by atoms with Gasteiger partial charge in [0.05, 0.1) is 11.1 Å². The molecule has 5 nitrogen and oxygen atoms in total. The minimum Gasteiger partial charge on any atom is -0.379 e. The molecule has 0 bridgehead atoms. The summed E-state index contributed by atoms with van der Waals surface area (Å²) >= 11 is 3.06. The van der Waals surface area contributed by atoms with Crippen molar-refractivity contribution >= 4 is 38.5 Å². The quantitative estimate of drug-likeness (QED) is 0.671. The van der Waals surface area contributed by atoms with Crippen LogP contribution in [0.25, 0.3) is 10.2 Å². The zero-order valence-electron chi connectivity index (χ0n) is 11.2. The van der Waals surface area contributed by atoms with Crippen molar-refractivity contribution in [3.05, 3.63) is 26.6 Å². The first-order valence-electron chi connectivity index (χ1n) is 6.65. The number of aliphatic imine (C=N–C) groups is 1. The molecule has 3 N–H and O–H groups in total. The predicted molar refractivity (Wildman–Crippen MR) is 85.7 cm³/mol. The lowest BCUT2D eigenvalue weighted by molar-refractivity contribution is 0.916. The van der Waals surface area contributed by atoms with Gasteiger partial charge in [0.15, 0.2) is 5.17 Å². The summed E-state index contributed by atoms with van der Waals surface area (Å²) in [7, 11) is 0. The molecule has 1 aliphatic carbocycles. The van der Waals surface area contributed by atoms with Crippen molar-refractivity contribution in [2.45, 2.75) is 31.9 Å². The van der Waals surface area contributed by atoms with Crippen molar-refractivity contribution in [3.8, 4) is 0 Å². The highest BCUT2D eigenvalue weighted by Crippen LogP contribution is 2.34. The fourth-order valence-electron chi connectivity index (χ4n) is 2.46. The number of nitrogens with one attached hydrogen (secondary N) is 1. The zero-order chi connectivity index (χ0) is 14.1. The number of aromatic nitrogens is 2. The molecule has 2 aromatic rings. The van der Waals surface area contributed by atoms with Crippen LogP contribution in [0.15, 0.2) is 9.79 Å². The highest BCUT2D eigenvalue weighted by atomic mass is 32.2. The minimum absolute atomic E-state index is 0.0176. The molecule has 0 unspecified atom stereocenters. The smallest absolute Gasteiger partial charge is 0.259 e. The Morgan fingerprint density at radius 2 is 2.40 bits per heavy atom. The van der Waals surface area contributed by atoms with Crippen molar-refractivity contribution in [2.75, 3.05) is 6.54 Å². The van der Waals surface area contributed by atoms with Gasteiger partial charge in [-0.2, -0.15) is 0 Å².